The maximum atomic E-state index is 12.5. The highest BCUT2D eigenvalue weighted by atomic mass is 32.2. The number of phenolic OH excluding ortho intramolecular Hbond substituents is 1. The van der Waals surface area contributed by atoms with Crippen LogP contribution in [0.3, 0.4) is 0 Å². The summed E-state index contributed by atoms with van der Waals surface area (Å²) in [6.45, 7) is 5.73. The maximum Gasteiger partial charge on any atom is 0.251 e. The fourth-order valence-electron chi connectivity index (χ4n) is 2.70. The van der Waals surface area contributed by atoms with Crippen molar-refractivity contribution in [2.45, 2.75) is 25.7 Å². The topological polar surface area (TPSA) is 116 Å². The van der Waals surface area contributed by atoms with Gasteiger partial charge in [0.05, 0.1) is 17.1 Å². The highest BCUT2D eigenvalue weighted by molar-refractivity contribution is 7.89. The van der Waals surface area contributed by atoms with E-state index in [4.69, 9.17) is 0 Å². The number of aryl methyl sites for hydroxylation is 1. The number of nitrogens with one attached hydrogen (secondary N) is 2. The number of rotatable bonds is 8. The van der Waals surface area contributed by atoms with E-state index in [1.54, 1.807) is 26.0 Å². The molecule has 2 rings (SSSR count). The summed E-state index contributed by atoms with van der Waals surface area (Å²) in [5.74, 6) is -1.08. The molecule has 9 heteroatoms. The van der Waals surface area contributed by atoms with Gasteiger partial charge in [-0.1, -0.05) is 19.9 Å². The molecule has 0 aliphatic heterocycles. The molecule has 29 heavy (non-hydrogen) atoms. The van der Waals surface area contributed by atoms with E-state index in [1.165, 1.54) is 34.6 Å². The summed E-state index contributed by atoms with van der Waals surface area (Å²) in [5.41, 5.74) is 1.33. The summed E-state index contributed by atoms with van der Waals surface area (Å²) >= 11 is 0. The second kappa shape index (κ2) is 9.53. The number of hydrogen-bond donors (Lipinski definition) is 3. The minimum atomic E-state index is -3.60. The van der Waals surface area contributed by atoms with Crippen molar-refractivity contribution in [3.8, 4) is 5.75 Å². The van der Waals surface area contributed by atoms with Gasteiger partial charge < -0.3 is 15.7 Å². The molecule has 0 saturated heterocycles. The number of carbonyl (C=O) groups excluding carboxylic acids is 2. The molecule has 0 aliphatic rings. The van der Waals surface area contributed by atoms with E-state index < -0.39 is 21.8 Å². The van der Waals surface area contributed by atoms with Gasteiger partial charge in [0.25, 0.3) is 5.91 Å². The number of benzene rings is 2. The van der Waals surface area contributed by atoms with Crippen LogP contribution in [-0.2, 0) is 14.8 Å². The number of sulfonamides is 1. The zero-order valence-corrected chi connectivity index (χ0v) is 17.4. The Morgan fingerprint density at radius 1 is 1.03 bits per heavy atom. The Bertz CT molecular complexity index is 984. The molecular formula is C20H25N3O5S. The van der Waals surface area contributed by atoms with Gasteiger partial charge in [-0.25, -0.2) is 8.42 Å². The molecule has 8 nitrogen and oxygen atoms in total. The molecule has 3 N–H and O–H groups in total. The van der Waals surface area contributed by atoms with E-state index in [0.717, 1.165) is 5.56 Å². The van der Waals surface area contributed by atoms with Gasteiger partial charge in [0.1, 0.15) is 5.75 Å². The third kappa shape index (κ3) is 5.55. The monoisotopic (exact) mass is 419 g/mol. The predicted octanol–water partition coefficient (Wildman–Crippen LogP) is 2.10. The van der Waals surface area contributed by atoms with Crippen LogP contribution in [0.1, 0.15) is 29.8 Å². The molecule has 0 spiro atoms. The highest BCUT2D eigenvalue weighted by Crippen LogP contribution is 2.23. The molecule has 2 amide bonds. The minimum Gasteiger partial charge on any atom is -0.506 e. The molecule has 2 aromatic rings. The van der Waals surface area contributed by atoms with Crippen molar-refractivity contribution in [2.75, 3.05) is 25.0 Å². The van der Waals surface area contributed by atoms with Crippen LogP contribution < -0.4 is 10.6 Å². The molecule has 0 bridgehead atoms. The van der Waals surface area contributed by atoms with Crippen LogP contribution in [0.15, 0.2) is 47.4 Å². The van der Waals surface area contributed by atoms with E-state index in [0.29, 0.717) is 13.1 Å². The second-order valence-electron chi connectivity index (χ2n) is 6.37. The minimum absolute atomic E-state index is 0.0605. The Balaban J connectivity index is 1.98. The van der Waals surface area contributed by atoms with Crippen molar-refractivity contribution in [3.63, 3.8) is 0 Å². The van der Waals surface area contributed by atoms with Crippen molar-refractivity contribution in [3.05, 3.63) is 53.6 Å². The van der Waals surface area contributed by atoms with Gasteiger partial charge in [-0.15, -0.1) is 0 Å². The van der Waals surface area contributed by atoms with E-state index in [2.05, 4.69) is 10.6 Å². The molecule has 0 atom stereocenters. The molecule has 0 heterocycles. The third-order valence-electron chi connectivity index (χ3n) is 4.30. The summed E-state index contributed by atoms with van der Waals surface area (Å²) < 4.78 is 26.3. The summed E-state index contributed by atoms with van der Waals surface area (Å²) in [7, 11) is -3.60. The van der Waals surface area contributed by atoms with Gasteiger partial charge in [-0.05, 0) is 48.9 Å². The van der Waals surface area contributed by atoms with Crippen LogP contribution in [0.4, 0.5) is 5.69 Å². The molecule has 0 unspecified atom stereocenters. The third-order valence-corrected chi connectivity index (χ3v) is 6.36. The van der Waals surface area contributed by atoms with Crippen LogP contribution in [0.5, 0.6) is 5.75 Å². The molecule has 2 aromatic carbocycles. The quantitative estimate of drug-likeness (QED) is 0.567. The fourth-order valence-corrected chi connectivity index (χ4v) is 4.15. The van der Waals surface area contributed by atoms with Gasteiger partial charge in [0.2, 0.25) is 15.9 Å². The number of phenols is 1. The number of amides is 2. The van der Waals surface area contributed by atoms with E-state index in [1.807, 2.05) is 6.92 Å². The van der Waals surface area contributed by atoms with Gasteiger partial charge in [0.15, 0.2) is 0 Å². The standard InChI is InChI=1S/C20H25N3O5S/c1-4-23(5-2)29(27,28)16-9-7-15(8-10-16)20(26)21-13-19(25)22-17-11-6-14(3)12-18(17)24/h6-12,24H,4-5,13H2,1-3H3,(H,21,26)(H,22,25). The molecule has 156 valence electrons. The summed E-state index contributed by atoms with van der Waals surface area (Å²) in [5, 5.41) is 14.8. The first-order chi connectivity index (χ1) is 13.7. The summed E-state index contributed by atoms with van der Waals surface area (Å²) in [6, 6.07) is 10.4. The molecule has 0 aliphatic carbocycles. The predicted molar refractivity (Wildman–Crippen MR) is 110 cm³/mol. The number of nitrogens with zero attached hydrogens (tertiary/aromatic N) is 1. The van der Waals surface area contributed by atoms with Gasteiger partial charge >= 0.3 is 0 Å². The number of aromatic hydroxyl groups is 1. The smallest absolute Gasteiger partial charge is 0.251 e. The normalized spacial score (nSPS) is 11.3. The zero-order valence-electron chi connectivity index (χ0n) is 16.6. The van der Waals surface area contributed by atoms with Crippen molar-refractivity contribution in [2.24, 2.45) is 0 Å². The van der Waals surface area contributed by atoms with Crippen molar-refractivity contribution < 1.29 is 23.1 Å². The van der Waals surface area contributed by atoms with Crippen molar-refractivity contribution in [1.82, 2.24) is 9.62 Å². The van der Waals surface area contributed by atoms with Gasteiger partial charge in [0, 0.05) is 18.7 Å². The van der Waals surface area contributed by atoms with E-state index >= 15 is 0 Å². The Labute approximate surface area is 170 Å². The van der Waals surface area contributed by atoms with Crippen LogP contribution in [-0.4, -0.2) is 49.3 Å². The van der Waals surface area contributed by atoms with Crippen LogP contribution in [0, 0.1) is 6.92 Å². The lowest BCUT2D eigenvalue weighted by Gasteiger charge is -2.18. The Kier molecular flexibility index (Phi) is 7.35. The lowest BCUT2D eigenvalue weighted by molar-refractivity contribution is -0.115. The van der Waals surface area contributed by atoms with Crippen molar-refractivity contribution >= 4 is 27.5 Å². The molecule has 0 radical (unpaired) electrons. The Morgan fingerprint density at radius 3 is 2.21 bits per heavy atom. The molecule has 0 fully saturated rings. The Morgan fingerprint density at radius 2 is 1.66 bits per heavy atom. The van der Waals surface area contributed by atoms with Gasteiger partial charge in [-0.2, -0.15) is 4.31 Å². The number of carbonyl (C=O) groups is 2. The number of anilines is 1. The first-order valence-corrected chi connectivity index (χ1v) is 10.6. The first kappa shape index (κ1) is 22.4. The SMILES string of the molecule is CCN(CC)S(=O)(=O)c1ccc(C(=O)NCC(=O)Nc2ccc(C)cc2O)cc1. The fraction of sp³-hybridized carbons (Fsp3) is 0.300. The number of hydrogen-bond acceptors (Lipinski definition) is 5. The molecule has 0 aromatic heterocycles. The van der Waals surface area contributed by atoms with Crippen LogP contribution in [0.2, 0.25) is 0 Å². The highest BCUT2D eigenvalue weighted by Gasteiger charge is 2.21. The largest absolute Gasteiger partial charge is 0.506 e. The summed E-state index contributed by atoms with van der Waals surface area (Å²) in [6.07, 6.45) is 0. The average molecular weight is 420 g/mol. The average Bonchev–Trinajstić information content (AvgIpc) is 2.69. The molecular weight excluding hydrogens is 394 g/mol. The lowest BCUT2D eigenvalue weighted by atomic mass is 10.2. The van der Waals surface area contributed by atoms with Crippen LogP contribution in [0.25, 0.3) is 0 Å². The van der Waals surface area contributed by atoms with Crippen molar-refractivity contribution in [1.29, 1.82) is 0 Å². The van der Waals surface area contributed by atoms with E-state index in [-0.39, 0.29) is 28.4 Å². The maximum absolute atomic E-state index is 12.5. The lowest BCUT2D eigenvalue weighted by Crippen LogP contribution is -2.33. The van der Waals surface area contributed by atoms with Crippen LogP contribution >= 0.6 is 0 Å². The zero-order chi connectivity index (χ0) is 21.6. The summed E-state index contributed by atoms with van der Waals surface area (Å²) in [4.78, 5) is 24.3. The Hall–Kier alpha value is -2.91. The second-order valence-corrected chi connectivity index (χ2v) is 8.30. The molecule has 0 saturated carbocycles. The first-order valence-electron chi connectivity index (χ1n) is 9.17. The van der Waals surface area contributed by atoms with E-state index in [9.17, 15) is 23.1 Å². The van der Waals surface area contributed by atoms with Gasteiger partial charge in [-0.3, -0.25) is 9.59 Å².